The molecule has 0 spiro atoms. The van der Waals surface area contributed by atoms with Crippen molar-refractivity contribution in [3.05, 3.63) is 53.5 Å². The Bertz CT molecular complexity index is 808. The third kappa shape index (κ3) is 4.31. The van der Waals surface area contributed by atoms with Crippen LogP contribution in [0.15, 0.2) is 36.7 Å². The van der Waals surface area contributed by atoms with E-state index in [-0.39, 0.29) is 6.03 Å². The van der Waals surface area contributed by atoms with Gasteiger partial charge in [-0.2, -0.15) is 0 Å². The first-order valence-corrected chi connectivity index (χ1v) is 9.17. The molecule has 2 heterocycles. The van der Waals surface area contributed by atoms with E-state index in [4.69, 9.17) is 0 Å². The van der Waals surface area contributed by atoms with Crippen molar-refractivity contribution in [3.63, 3.8) is 0 Å². The van der Waals surface area contributed by atoms with Crippen molar-refractivity contribution in [1.82, 2.24) is 20.3 Å². The van der Waals surface area contributed by atoms with Gasteiger partial charge in [-0.25, -0.2) is 4.79 Å². The highest BCUT2D eigenvalue weighted by Crippen LogP contribution is 2.25. The van der Waals surface area contributed by atoms with Gasteiger partial charge in [0, 0.05) is 43.5 Å². The first-order valence-electron chi connectivity index (χ1n) is 9.17. The lowest BCUT2D eigenvalue weighted by Crippen LogP contribution is -2.45. The molecule has 0 aliphatic carbocycles. The molecule has 0 unspecified atom stereocenters. The third-order valence-electron chi connectivity index (χ3n) is 4.62. The average molecular weight is 353 g/mol. The third-order valence-corrected chi connectivity index (χ3v) is 4.62. The molecule has 0 atom stereocenters. The van der Waals surface area contributed by atoms with E-state index in [0.29, 0.717) is 12.5 Å². The number of hydrogen-bond acceptors (Lipinski definition) is 3. The fourth-order valence-electron chi connectivity index (χ4n) is 3.12. The van der Waals surface area contributed by atoms with Crippen LogP contribution in [0.25, 0.3) is 0 Å². The van der Waals surface area contributed by atoms with Crippen molar-refractivity contribution < 1.29 is 4.79 Å². The molecule has 0 saturated carbocycles. The number of carbonyl (C=O) groups is 1. The Kier molecular flexibility index (Phi) is 5.40. The predicted octanol–water partition coefficient (Wildman–Crippen LogP) is 3.66. The molecule has 2 amide bonds. The van der Waals surface area contributed by atoms with Crippen molar-refractivity contribution in [2.24, 2.45) is 5.92 Å². The van der Waals surface area contributed by atoms with Crippen molar-refractivity contribution in [1.29, 1.82) is 0 Å². The number of benzene rings is 1. The molecule has 1 aliphatic rings. The topological polar surface area (TPSA) is 63.1 Å². The number of urea groups is 1. The van der Waals surface area contributed by atoms with Gasteiger partial charge in [0.25, 0.3) is 0 Å². The summed E-state index contributed by atoms with van der Waals surface area (Å²) in [6.07, 6.45) is 4.63. The van der Waals surface area contributed by atoms with Gasteiger partial charge in [-0.15, -0.1) is 5.10 Å². The zero-order valence-corrected chi connectivity index (χ0v) is 15.8. The van der Waals surface area contributed by atoms with Crippen LogP contribution in [0.4, 0.5) is 10.5 Å². The monoisotopic (exact) mass is 353 g/mol. The normalized spacial score (nSPS) is 14.8. The predicted molar refractivity (Wildman–Crippen MR) is 103 cm³/mol. The molecule has 3 rings (SSSR count). The summed E-state index contributed by atoms with van der Waals surface area (Å²) < 4.78 is 1.92. The quantitative estimate of drug-likeness (QED) is 0.862. The maximum Gasteiger partial charge on any atom is 0.326 e. The number of nitrogens with zero attached hydrogens (tertiary/aromatic N) is 4. The Labute approximate surface area is 154 Å². The number of rotatable bonds is 6. The van der Waals surface area contributed by atoms with Gasteiger partial charge >= 0.3 is 6.03 Å². The summed E-state index contributed by atoms with van der Waals surface area (Å²) in [6.45, 7) is 11.8. The molecule has 1 fully saturated rings. The molecule has 2 aromatic rings. The molecule has 1 saturated heterocycles. The van der Waals surface area contributed by atoms with E-state index < -0.39 is 0 Å². The van der Waals surface area contributed by atoms with Crippen LogP contribution in [0, 0.1) is 12.8 Å². The standard InChI is InChI=1S/C20H27N5O/c1-14(2)7-9-24-13-18(22-23-24)12-17-5-6-19(15(3)11-17)25-10-8-16(4)21-20(25)26/h5-6,11,13-14H,4,7-10,12H2,1-3H3,(H,21,26). The first-order chi connectivity index (χ1) is 12.4. The molecular weight excluding hydrogens is 326 g/mol. The van der Waals surface area contributed by atoms with Crippen LogP contribution < -0.4 is 10.2 Å². The molecule has 26 heavy (non-hydrogen) atoms. The fraction of sp³-hybridized carbons (Fsp3) is 0.450. The summed E-state index contributed by atoms with van der Waals surface area (Å²) in [6, 6.07) is 6.09. The second-order valence-corrected chi connectivity index (χ2v) is 7.39. The smallest absolute Gasteiger partial charge is 0.312 e. The van der Waals surface area contributed by atoms with Gasteiger partial charge in [-0.05, 0) is 36.5 Å². The lowest BCUT2D eigenvalue weighted by atomic mass is 10.0. The van der Waals surface area contributed by atoms with Crippen LogP contribution >= 0.6 is 0 Å². The number of amides is 2. The maximum atomic E-state index is 12.2. The lowest BCUT2D eigenvalue weighted by Gasteiger charge is -2.30. The molecule has 0 radical (unpaired) electrons. The Morgan fingerprint density at radius 3 is 2.85 bits per heavy atom. The van der Waals surface area contributed by atoms with Gasteiger partial charge < -0.3 is 5.32 Å². The van der Waals surface area contributed by atoms with Gasteiger partial charge in [-0.1, -0.05) is 37.8 Å². The number of aryl methyl sites for hydroxylation is 2. The Balaban J connectivity index is 1.68. The molecule has 1 aromatic carbocycles. The first kappa shape index (κ1) is 18.2. The molecule has 1 N–H and O–H groups in total. The van der Waals surface area contributed by atoms with Crippen LogP contribution in [-0.2, 0) is 13.0 Å². The van der Waals surface area contributed by atoms with E-state index in [1.54, 1.807) is 4.90 Å². The Hall–Kier alpha value is -2.63. The van der Waals surface area contributed by atoms with Gasteiger partial charge in [0.1, 0.15) is 0 Å². The minimum atomic E-state index is -0.106. The zero-order chi connectivity index (χ0) is 18.7. The Morgan fingerprint density at radius 1 is 1.35 bits per heavy atom. The summed E-state index contributed by atoms with van der Waals surface area (Å²) in [5.74, 6) is 0.655. The number of anilines is 1. The van der Waals surface area contributed by atoms with E-state index >= 15 is 0 Å². The van der Waals surface area contributed by atoms with E-state index in [0.717, 1.165) is 48.4 Å². The fourth-order valence-corrected chi connectivity index (χ4v) is 3.12. The molecular formula is C20H27N5O. The highest BCUT2D eigenvalue weighted by molar-refractivity contribution is 5.94. The minimum absolute atomic E-state index is 0.106. The average Bonchev–Trinajstić information content (AvgIpc) is 3.01. The zero-order valence-electron chi connectivity index (χ0n) is 15.8. The SMILES string of the molecule is C=C1CCN(c2ccc(Cc3cn(CCC(C)C)nn3)cc2C)C(=O)N1. The van der Waals surface area contributed by atoms with Gasteiger partial charge in [0.15, 0.2) is 0 Å². The lowest BCUT2D eigenvalue weighted by molar-refractivity contribution is 0.246. The van der Waals surface area contributed by atoms with Crippen LogP contribution in [-0.4, -0.2) is 27.6 Å². The molecule has 1 aromatic heterocycles. The van der Waals surface area contributed by atoms with Crippen LogP contribution in [0.5, 0.6) is 0 Å². The summed E-state index contributed by atoms with van der Waals surface area (Å²) >= 11 is 0. The highest BCUT2D eigenvalue weighted by Gasteiger charge is 2.22. The molecule has 138 valence electrons. The minimum Gasteiger partial charge on any atom is -0.312 e. The van der Waals surface area contributed by atoms with E-state index in [1.165, 1.54) is 5.56 Å². The summed E-state index contributed by atoms with van der Waals surface area (Å²) in [4.78, 5) is 14.0. The van der Waals surface area contributed by atoms with E-state index in [2.05, 4.69) is 48.2 Å². The van der Waals surface area contributed by atoms with Gasteiger partial charge in [-0.3, -0.25) is 9.58 Å². The maximum absolute atomic E-state index is 12.2. The molecule has 1 aliphatic heterocycles. The van der Waals surface area contributed by atoms with Crippen LogP contribution in [0.2, 0.25) is 0 Å². The number of hydrogen-bond donors (Lipinski definition) is 1. The molecule has 0 bridgehead atoms. The van der Waals surface area contributed by atoms with E-state index in [1.807, 2.05) is 23.9 Å². The van der Waals surface area contributed by atoms with Gasteiger partial charge in [0.2, 0.25) is 0 Å². The summed E-state index contributed by atoms with van der Waals surface area (Å²) in [5, 5.41) is 11.3. The second-order valence-electron chi connectivity index (χ2n) is 7.39. The van der Waals surface area contributed by atoms with Gasteiger partial charge in [0.05, 0.1) is 5.69 Å². The number of carbonyl (C=O) groups excluding carboxylic acids is 1. The van der Waals surface area contributed by atoms with Crippen molar-refractivity contribution in [3.8, 4) is 0 Å². The Morgan fingerprint density at radius 2 is 2.15 bits per heavy atom. The van der Waals surface area contributed by atoms with Crippen molar-refractivity contribution >= 4 is 11.7 Å². The van der Waals surface area contributed by atoms with Crippen molar-refractivity contribution in [2.45, 2.75) is 46.6 Å². The highest BCUT2D eigenvalue weighted by atomic mass is 16.2. The van der Waals surface area contributed by atoms with Crippen LogP contribution in [0.1, 0.15) is 43.5 Å². The largest absolute Gasteiger partial charge is 0.326 e. The molecule has 6 heteroatoms. The molecule has 6 nitrogen and oxygen atoms in total. The van der Waals surface area contributed by atoms with Crippen molar-refractivity contribution in [2.75, 3.05) is 11.4 Å². The number of aromatic nitrogens is 3. The second kappa shape index (κ2) is 7.72. The summed E-state index contributed by atoms with van der Waals surface area (Å²) in [7, 11) is 0. The van der Waals surface area contributed by atoms with Crippen LogP contribution in [0.3, 0.4) is 0 Å². The number of nitrogens with one attached hydrogen (secondary N) is 1. The summed E-state index contributed by atoms with van der Waals surface area (Å²) in [5.41, 5.74) is 4.94. The van der Waals surface area contributed by atoms with E-state index in [9.17, 15) is 4.79 Å².